The van der Waals surface area contributed by atoms with Gasteiger partial charge in [0.15, 0.2) is 17.5 Å². The van der Waals surface area contributed by atoms with Gasteiger partial charge in [0.05, 0.1) is 11.9 Å². The fourth-order valence-corrected chi connectivity index (χ4v) is 4.46. The maximum absolute atomic E-state index is 14.5. The molecule has 1 saturated carbocycles. The minimum absolute atomic E-state index is 0.00731. The molecule has 2 N–H and O–H groups in total. The molecular weight excluding hydrogens is 409 g/mol. The molecule has 3 heterocycles. The summed E-state index contributed by atoms with van der Waals surface area (Å²) in [4.78, 5) is 29.6. The van der Waals surface area contributed by atoms with Crippen LogP contribution < -0.4 is 10.6 Å². The summed E-state index contributed by atoms with van der Waals surface area (Å²) in [5, 5.41) is 6.36. The molecule has 1 fully saturated rings. The molecule has 0 aliphatic heterocycles. The zero-order valence-corrected chi connectivity index (χ0v) is 17.8. The molecular formula is C23H24FN7O. The van der Waals surface area contributed by atoms with Gasteiger partial charge >= 0.3 is 0 Å². The first-order valence-corrected chi connectivity index (χ1v) is 10.8. The van der Waals surface area contributed by atoms with E-state index in [9.17, 15) is 9.18 Å². The zero-order valence-electron chi connectivity index (χ0n) is 17.8. The van der Waals surface area contributed by atoms with E-state index in [1.54, 1.807) is 16.8 Å². The Morgan fingerprint density at radius 3 is 2.94 bits per heavy atom. The van der Waals surface area contributed by atoms with Gasteiger partial charge in [0.1, 0.15) is 12.0 Å². The van der Waals surface area contributed by atoms with Crippen molar-refractivity contribution in [3.05, 3.63) is 71.7 Å². The molecule has 3 aromatic heterocycles. The van der Waals surface area contributed by atoms with E-state index in [0.717, 1.165) is 36.1 Å². The van der Waals surface area contributed by atoms with E-state index in [4.69, 9.17) is 0 Å². The summed E-state index contributed by atoms with van der Waals surface area (Å²) < 4.78 is 16.3. The lowest BCUT2D eigenvalue weighted by atomic mass is 9.91. The Bertz CT molecular complexity index is 1190. The molecule has 0 radical (unpaired) electrons. The molecule has 2 aliphatic rings. The third kappa shape index (κ3) is 3.98. The van der Waals surface area contributed by atoms with Gasteiger partial charge in [0.25, 0.3) is 5.91 Å². The monoisotopic (exact) mass is 433 g/mol. The van der Waals surface area contributed by atoms with Crippen molar-refractivity contribution in [2.75, 3.05) is 5.32 Å². The molecule has 8 nitrogen and oxygen atoms in total. The topological polar surface area (TPSA) is 97.6 Å². The molecule has 0 spiro atoms. The summed E-state index contributed by atoms with van der Waals surface area (Å²) in [5.41, 5.74) is 3.24. The predicted octanol–water partition coefficient (Wildman–Crippen LogP) is 2.89. The maximum Gasteiger partial charge on any atom is 0.268 e. The average molecular weight is 433 g/mol. The van der Waals surface area contributed by atoms with E-state index in [-0.39, 0.29) is 23.8 Å². The SMILES string of the molecule is Cn1cccc1C(=O)N[C@H]1CCC[C@@H](Nc2nc(C3=CCc4ncncc43)ncc2F)C1. The van der Waals surface area contributed by atoms with Gasteiger partial charge in [-0.2, -0.15) is 0 Å². The minimum atomic E-state index is -0.494. The van der Waals surface area contributed by atoms with Gasteiger partial charge in [-0.05, 0) is 37.8 Å². The Kier molecular flexibility index (Phi) is 5.38. The fraction of sp³-hybridized carbons (Fsp3) is 0.348. The van der Waals surface area contributed by atoms with Crippen LogP contribution in [0.3, 0.4) is 0 Å². The van der Waals surface area contributed by atoms with Crippen LogP contribution in [0.5, 0.6) is 0 Å². The van der Waals surface area contributed by atoms with Crippen molar-refractivity contribution in [3.63, 3.8) is 0 Å². The van der Waals surface area contributed by atoms with Crippen LogP contribution in [-0.2, 0) is 13.5 Å². The van der Waals surface area contributed by atoms with Gasteiger partial charge in [0.2, 0.25) is 0 Å². The van der Waals surface area contributed by atoms with E-state index in [0.29, 0.717) is 24.4 Å². The number of anilines is 1. The van der Waals surface area contributed by atoms with Crippen LogP contribution >= 0.6 is 0 Å². The number of nitrogens with zero attached hydrogens (tertiary/aromatic N) is 5. The Balaban J connectivity index is 1.28. The number of aryl methyl sites for hydroxylation is 1. The molecule has 2 aliphatic carbocycles. The van der Waals surface area contributed by atoms with Gasteiger partial charge in [0, 0.05) is 49.1 Å². The van der Waals surface area contributed by atoms with Gasteiger partial charge in [-0.25, -0.2) is 24.3 Å². The molecule has 0 aromatic carbocycles. The van der Waals surface area contributed by atoms with Crippen LogP contribution in [0.4, 0.5) is 10.2 Å². The second kappa shape index (κ2) is 8.49. The molecule has 5 rings (SSSR count). The molecule has 0 bridgehead atoms. The van der Waals surface area contributed by atoms with E-state index in [1.165, 1.54) is 12.5 Å². The molecule has 3 aromatic rings. The largest absolute Gasteiger partial charge is 0.365 e. The summed E-state index contributed by atoms with van der Waals surface area (Å²) in [6, 6.07) is 3.68. The predicted molar refractivity (Wildman–Crippen MR) is 117 cm³/mol. The van der Waals surface area contributed by atoms with Crippen molar-refractivity contribution < 1.29 is 9.18 Å². The number of halogens is 1. The van der Waals surface area contributed by atoms with Crippen molar-refractivity contribution in [1.82, 2.24) is 29.8 Å². The first-order chi connectivity index (χ1) is 15.6. The molecule has 1 amide bonds. The van der Waals surface area contributed by atoms with Gasteiger partial charge in [-0.1, -0.05) is 6.08 Å². The number of hydrogen-bond acceptors (Lipinski definition) is 6. The Hall–Kier alpha value is -3.62. The van der Waals surface area contributed by atoms with Crippen molar-refractivity contribution in [1.29, 1.82) is 0 Å². The molecule has 9 heteroatoms. The molecule has 0 saturated heterocycles. The van der Waals surface area contributed by atoms with Crippen LogP contribution in [0.15, 0.2) is 43.1 Å². The van der Waals surface area contributed by atoms with Crippen LogP contribution in [0.25, 0.3) is 5.57 Å². The van der Waals surface area contributed by atoms with Crippen molar-refractivity contribution in [2.45, 2.75) is 44.2 Å². The van der Waals surface area contributed by atoms with E-state index >= 15 is 0 Å². The van der Waals surface area contributed by atoms with E-state index < -0.39 is 5.82 Å². The first kappa shape index (κ1) is 20.3. The number of rotatable bonds is 5. The second-order valence-electron chi connectivity index (χ2n) is 8.28. The zero-order chi connectivity index (χ0) is 22.1. The summed E-state index contributed by atoms with van der Waals surface area (Å²) in [6.45, 7) is 0. The highest BCUT2D eigenvalue weighted by molar-refractivity contribution is 5.92. The highest BCUT2D eigenvalue weighted by Crippen LogP contribution is 2.30. The Labute approximate surface area is 185 Å². The number of nitrogens with one attached hydrogen (secondary N) is 2. The number of carbonyl (C=O) groups excluding carboxylic acids is 1. The van der Waals surface area contributed by atoms with E-state index in [2.05, 4.69) is 30.6 Å². The van der Waals surface area contributed by atoms with Crippen molar-refractivity contribution in [3.8, 4) is 0 Å². The van der Waals surface area contributed by atoms with Gasteiger partial charge in [-0.15, -0.1) is 0 Å². The Morgan fingerprint density at radius 1 is 1.22 bits per heavy atom. The van der Waals surface area contributed by atoms with Gasteiger partial charge < -0.3 is 15.2 Å². The lowest BCUT2D eigenvalue weighted by Gasteiger charge is -2.30. The van der Waals surface area contributed by atoms with Crippen LogP contribution in [0, 0.1) is 5.82 Å². The molecule has 32 heavy (non-hydrogen) atoms. The summed E-state index contributed by atoms with van der Waals surface area (Å²) >= 11 is 0. The smallest absolute Gasteiger partial charge is 0.268 e. The van der Waals surface area contributed by atoms with Crippen LogP contribution in [-0.4, -0.2) is 42.5 Å². The summed E-state index contributed by atoms with van der Waals surface area (Å²) in [5.74, 6) is 0.0481. The number of fused-ring (bicyclic) bond motifs is 1. The normalized spacial score (nSPS) is 19.9. The minimum Gasteiger partial charge on any atom is -0.365 e. The number of allylic oxidation sites excluding steroid dienone is 1. The molecule has 164 valence electrons. The van der Waals surface area contributed by atoms with E-state index in [1.807, 2.05) is 25.4 Å². The summed E-state index contributed by atoms with van der Waals surface area (Å²) in [6.07, 6.45) is 12.4. The maximum atomic E-state index is 14.5. The number of aromatic nitrogens is 5. The quantitative estimate of drug-likeness (QED) is 0.642. The lowest BCUT2D eigenvalue weighted by Crippen LogP contribution is -2.42. The average Bonchev–Trinajstić information content (AvgIpc) is 3.42. The van der Waals surface area contributed by atoms with Crippen LogP contribution in [0.1, 0.15) is 53.3 Å². The fourth-order valence-electron chi connectivity index (χ4n) is 4.46. The van der Waals surface area contributed by atoms with Crippen molar-refractivity contribution in [2.24, 2.45) is 7.05 Å². The highest BCUT2D eigenvalue weighted by atomic mass is 19.1. The van der Waals surface area contributed by atoms with Crippen LogP contribution in [0.2, 0.25) is 0 Å². The van der Waals surface area contributed by atoms with Gasteiger partial charge in [-0.3, -0.25) is 4.79 Å². The molecule has 0 unspecified atom stereocenters. The third-order valence-electron chi connectivity index (χ3n) is 6.10. The third-order valence-corrected chi connectivity index (χ3v) is 6.10. The molecule has 2 atom stereocenters. The standard InChI is InChI=1S/C23H24FN7O/c1-31-9-3-6-20(31)23(32)29-15-5-2-4-14(10-15)28-22-18(24)12-26-21(30-22)16-7-8-19-17(16)11-25-13-27-19/h3,6-7,9,11-15H,2,4-5,8,10H2,1H3,(H,29,32)(H,26,28,30)/t14-,15+/m1/s1. The Morgan fingerprint density at radius 2 is 2.09 bits per heavy atom. The van der Waals surface area contributed by atoms with Crippen molar-refractivity contribution >= 4 is 17.3 Å². The number of hydrogen-bond donors (Lipinski definition) is 2. The number of carbonyl (C=O) groups is 1. The number of amides is 1. The second-order valence-corrected chi connectivity index (χ2v) is 8.28. The lowest BCUT2D eigenvalue weighted by molar-refractivity contribution is 0.0918. The highest BCUT2D eigenvalue weighted by Gasteiger charge is 2.26. The first-order valence-electron chi connectivity index (χ1n) is 10.8. The summed E-state index contributed by atoms with van der Waals surface area (Å²) in [7, 11) is 1.85.